The van der Waals surface area contributed by atoms with Gasteiger partial charge in [0.2, 0.25) is 5.91 Å². The zero-order valence-electron chi connectivity index (χ0n) is 18.9. The molecule has 0 aliphatic rings. The van der Waals surface area contributed by atoms with Crippen molar-refractivity contribution < 1.29 is 4.79 Å². The van der Waals surface area contributed by atoms with Gasteiger partial charge in [0.15, 0.2) is 11.0 Å². The maximum Gasteiger partial charge on any atom is 0.230 e. The molecule has 0 bridgehead atoms. The first kappa shape index (κ1) is 22.7. The third-order valence-electron chi connectivity index (χ3n) is 5.46. The lowest BCUT2D eigenvalue weighted by Crippen LogP contribution is -2.26. The van der Waals surface area contributed by atoms with E-state index in [-0.39, 0.29) is 11.7 Å². The molecule has 0 spiro atoms. The molecular weight excluding hydrogens is 430 g/mol. The van der Waals surface area contributed by atoms with Crippen LogP contribution in [0, 0.1) is 13.8 Å². The SMILES string of the molecule is Cc1ccc(-n2c(SCC(=O)NCCCc3ccccc3)nnc2-c2ccncc2)cc1C. The predicted molar refractivity (Wildman–Crippen MR) is 133 cm³/mol. The van der Waals surface area contributed by atoms with Crippen LogP contribution in [0.5, 0.6) is 0 Å². The second-order valence-electron chi connectivity index (χ2n) is 7.87. The van der Waals surface area contributed by atoms with Gasteiger partial charge in [-0.15, -0.1) is 10.2 Å². The van der Waals surface area contributed by atoms with Crippen LogP contribution in [0.4, 0.5) is 0 Å². The zero-order valence-corrected chi connectivity index (χ0v) is 19.7. The predicted octanol–water partition coefficient (Wildman–Crippen LogP) is 4.79. The van der Waals surface area contributed by atoms with Gasteiger partial charge in [0, 0.05) is 24.5 Å². The lowest BCUT2D eigenvalue weighted by atomic mass is 10.1. The smallest absolute Gasteiger partial charge is 0.230 e. The molecule has 2 aromatic heterocycles. The van der Waals surface area contributed by atoms with Crippen molar-refractivity contribution in [2.24, 2.45) is 0 Å². The Morgan fingerprint density at radius 2 is 1.76 bits per heavy atom. The first-order valence-corrected chi connectivity index (χ1v) is 12.0. The summed E-state index contributed by atoms with van der Waals surface area (Å²) in [5, 5.41) is 12.5. The fraction of sp³-hybridized carbons (Fsp3) is 0.231. The van der Waals surface area contributed by atoms with Crippen LogP contribution in [-0.4, -0.2) is 38.0 Å². The van der Waals surface area contributed by atoms with Crippen LogP contribution in [0.15, 0.2) is 78.2 Å². The van der Waals surface area contributed by atoms with E-state index in [1.54, 1.807) is 12.4 Å². The van der Waals surface area contributed by atoms with Crippen LogP contribution in [0.1, 0.15) is 23.1 Å². The summed E-state index contributed by atoms with van der Waals surface area (Å²) in [6.45, 7) is 4.83. The van der Waals surface area contributed by atoms with Crippen molar-refractivity contribution in [2.45, 2.75) is 31.8 Å². The number of aromatic nitrogens is 4. The Morgan fingerprint density at radius 1 is 0.970 bits per heavy atom. The van der Waals surface area contributed by atoms with Crippen molar-refractivity contribution in [1.29, 1.82) is 0 Å². The van der Waals surface area contributed by atoms with E-state index in [0.29, 0.717) is 11.7 Å². The third kappa shape index (κ3) is 5.87. The van der Waals surface area contributed by atoms with E-state index in [4.69, 9.17) is 0 Å². The van der Waals surface area contributed by atoms with E-state index in [9.17, 15) is 4.79 Å². The first-order valence-electron chi connectivity index (χ1n) is 11.0. The van der Waals surface area contributed by atoms with Crippen molar-refractivity contribution in [3.63, 3.8) is 0 Å². The lowest BCUT2D eigenvalue weighted by molar-refractivity contribution is -0.118. The molecule has 0 saturated heterocycles. The van der Waals surface area contributed by atoms with Gasteiger partial charge in [0.1, 0.15) is 0 Å². The fourth-order valence-corrected chi connectivity index (χ4v) is 4.28. The van der Waals surface area contributed by atoms with Gasteiger partial charge in [0.25, 0.3) is 0 Å². The summed E-state index contributed by atoms with van der Waals surface area (Å²) in [5.41, 5.74) is 5.59. The number of hydrogen-bond donors (Lipinski definition) is 1. The van der Waals surface area contributed by atoms with E-state index in [1.165, 1.54) is 28.5 Å². The average molecular weight is 458 g/mol. The standard InChI is InChI=1S/C26H27N5OS/c1-19-10-11-23(17-20(19)2)31-25(22-12-15-27-16-13-22)29-30-26(31)33-18-24(32)28-14-6-9-21-7-4-3-5-8-21/h3-5,7-8,10-13,15-17H,6,9,14,18H2,1-2H3,(H,28,32). The van der Waals surface area contributed by atoms with Gasteiger partial charge in [-0.25, -0.2) is 0 Å². The van der Waals surface area contributed by atoms with Gasteiger partial charge in [-0.2, -0.15) is 0 Å². The minimum Gasteiger partial charge on any atom is -0.355 e. The molecule has 0 saturated carbocycles. The van der Waals surface area contributed by atoms with Crippen molar-refractivity contribution in [1.82, 2.24) is 25.1 Å². The molecule has 168 valence electrons. The second-order valence-corrected chi connectivity index (χ2v) is 8.82. The molecule has 0 aliphatic carbocycles. The van der Waals surface area contributed by atoms with Gasteiger partial charge < -0.3 is 5.32 Å². The van der Waals surface area contributed by atoms with Crippen LogP contribution < -0.4 is 5.32 Å². The van der Waals surface area contributed by atoms with Gasteiger partial charge in [-0.3, -0.25) is 14.3 Å². The van der Waals surface area contributed by atoms with Crippen molar-refractivity contribution in [3.8, 4) is 17.1 Å². The van der Waals surface area contributed by atoms with Gasteiger partial charge in [-0.05, 0) is 67.6 Å². The number of nitrogens with one attached hydrogen (secondary N) is 1. The molecule has 6 nitrogen and oxygen atoms in total. The first-order chi connectivity index (χ1) is 16.1. The summed E-state index contributed by atoms with van der Waals surface area (Å²) in [6.07, 6.45) is 5.34. The quantitative estimate of drug-likeness (QED) is 0.289. The molecule has 1 N–H and O–H groups in total. The van der Waals surface area contributed by atoms with Crippen LogP contribution in [-0.2, 0) is 11.2 Å². The molecule has 0 atom stereocenters. The molecule has 2 aromatic carbocycles. The van der Waals surface area contributed by atoms with Gasteiger partial charge in [0.05, 0.1) is 11.4 Å². The third-order valence-corrected chi connectivity index (χ3v) is 6.39. The number of carbonyl (C=O) groups excluding carboxylic acids is 1. The molecule has 33 heavy (non-hydrogen) atoms. The Kier molecular flexibility index (Phi) is 7.52. The maximum absolute atomic E-state index is 12.5. The number of benzene rings is 2. The summed E-state index contributed by atoms with van der Waals surface area (Å²) in [4.78, 5) is 16.6. The number of thioether (sulfide) groups is 1. The molecule has 0 unspecified atom stereocenters. The molecule has 2 heterocycles. The van der Waals surface area contributed by atoms with E-state index in [0.717, 1.165) is 29.9 Å². The Labute approximate surface area is 198 Å². The van der Waals surface area contributed by atoms with Crippen LogP contribution in [0.2, 0.25) is 0 Å². The molecule has 1 amide bonds. The van der Waals surface area contributed by atoms with Crippen LogP contribution >= 0.6 is 11.8 Å². The number of pyridine rings is 1. The minimum absolute atomic E-state index is 0.00633. The molecular formula is C26H27N5OS. The molecule has 0 aliphatic heterocycles. The summed E-state index contributed by atoms with van der Waals surface area (Å²) in [5.74, 6) is 1.00. The minimum atomic E-state index is -0.00633. The molecule has 4 rings (SSSR count). The topological polar surface area (TPSA) is 72.7 Å². The fourth-order valence-electron chi connectivity index (χ4n) is 3.49. The number of carbonyl (C=O) groups is 1. The highest BCUT2D eigenvalue weighted by Gasteiger charge is 2.17. The summed E-state index contributed by atoms with van der Waals surface area (Å²) < 4.78 is 2.01. The highest BCUT2D eigenvalue weighted by molar-refractivity contribution is 7.99. The highest BCUT2D eigenvalue weighted by Crippen LogP contribution is 2.28. The van der Waals surface area contributed by atoms with E-state index >= 15 is 0 Å². The Hall–Kier alpha value is -3.45. The lowest BCUT2D eigenvalue weighted by Gasteiger charge is -2.12. The van der Waals surface area contributed by atoms with E-state index in [1.807, 2.05) is 34.9 Å². The molecule has 7 heteroatoms. The summed E-state index contributed by atoms with van der Waals surface area (Å²) >= 11 is 1.39. The number of amides is 1. The molecule has 0 fully saturated rings. The second kappa shape index (κ2) is 10.9. The summed E-state index contributed by atoms with van der Waals surface area (Å²) in [7, 11) is 0. The van der Waals surface area contributed by atoms with Crippen molar-refractivity contribution >= 4 is 17.7 Å². The van der Waals surface area contributed by atoms with Crippen LogP contribution in [0.25, 0.3) is 17.1 Å². The Balaban J connectivity index is 1.44. The number of rotatable bonds is 9. The van der Waals surface area contributed by atoms with Crippen molar-refractivity contribution in [3.05, 3.63) is 89.7 Å². The van der Waals surface area contributed by atoms with E-state index in [2.05, 4.69) is 64.7 Å². The van der Waals surface area contributed by atoms with Crippen LogP contribution in [0.3, 0.4) is 0 Å². The normalized spacial score (nSPS) is 10.8. The maximum atomic E-state index is 12.5. The summed E-state index contributed by atoms with van der Waals surface area (Å²) in [6, 6.07) is 20.4. The zero-order chi connectivity index (χ0) is 23.0. The number of hydrogen-bond acceptors (Lipinski definition) is 5. The van der Waals surface area contributed by atoms with Gasteiger partial charge in [-0.1, -0.05) is 48.2 Å². The highest BCUT2D eigenvalue weighted by atomic mass is 32.2. The van der Waals surface area contributed by atoms with E-state index < -0.39 is 0 Å². The Bertz CT molecular complexity index is 1210. The average Bonchev–Trinajstić information content (AvgIpc) is 3.27. The number of nitrogens with zero attached hydrogens (tertiary/aromatic N) is 4. The largest absolute Gasteiger partial charge is 0.355 e. The Morgan fingerprint density at radius 3 is 2.52 bits per heavy atom. The molecule has 4 aromatic rings. The van der Waals surface area contributed by atoms with Crippen molar-refractivity contribution in [2.75, 3.05) is 12.3 Å². The number of aryl methyl sites for hydroxylation is 3. The molecule has 0 radical (unpaired) electrons. The van der Waals surface area contributed by atoms with Gasteiger partial charge >= 0.3 is 0 Å². The monoisotopic (exact) mass is 457 g/mol.